The van der Waals surface area contributed by atoms with E-state index < -0.39 is 0 Å². The number of piperidine rings is 1. The third-order valence-corrected chi connectivity index (χ3v) is 5.09. The van der Waals surface area contributed by atoms with Crippen molar-refractivity contribution in [2.75, 3.05) is 13.1 Å². The lowest BCUT2D eigenvalue weighted by Crippen LogP contribution is -2.39. The summed E-state index contributed by atoms with van der Waals surface area (Å²) in [5.74, 6) is 0.945. The fourth-order valence-corrected chi connectivity index (χ4v) is 3.55. The van der Waals surface area contributed by atoms with E-state index in [1.807, 2.05) is 35.2 Å². The standard InChI is InChI=1S/C20H19ClN4O/c21-17-8-6-16(7-9-17)20(26)24-12-10-18(11-13-24)25-14-22-23-19(25)15-4-2-1-3-5-15/h1-9,14,18H,10-13H2. The molecule has 1 fully saturated rings. The van der Waals surface area contributed by atoms with Gasteiger partial charge in [0, 0.05) is 35.3 Å². The first-order valence-corrected chi connectivity index (χ1v) is 9.10. The van der Waals surface area contributed by atoms with E-state index in [4.69, 9.17) is 11.6 Å². The van der Waals surface area contributed by atoms with Gasteiger partial charge in [0.15, 0.2) is 5.82 Å². The van der Waals surface area contributed by atoms with Gasteiger partial charge >= 0.3 is 0 Å². The highest BCUT2D eigenvalue weighted by Gasteiger charge is 2.26. The molecule has 6 heteroatoms. The van der Waals surface area contributed by atoms with Crippen LogP contribution in [0.5, 0.6) is 0 Å². The molecule has 0 radical (unpaired) electrons. The van der Waals surface area contributed by atoms with Crippen molar-refractivity contribution in [2.45, 2.75) is 18.9 Å². The molecule has 1 aliphatic rings. The van der Waals surface area contributed by atoms with E-state index in [-0.39, 0.29) is 5.91 Å². The van der Waals surface area contributed by atoms with Gasteiger partial charge in [0.1, 0.15) is 6.33 Å². The number of amides is 1. The normalized spacial score (nSPS) is 15.2. The molecule has 5 nitrogen and oxygen atoms in total. The Labute approximate surface area is 157 Å². The summed E-state index contributed by atoms with van der Waals surface area (Å²) in [6.07, 6.45) is 3.57. The molecule has 0 atom stereocenters. The lowest BCUT2D eigenvalue weighted by molar-refractivity contribution is 0.0695. The van der Waals surface area contributed by atoms with E-state index >= 15 is 0 Å². The minimum absolute atomic E-state index is 0.0622. The summed E-state index contributed by atoms with van der Waals surface area (Å²) in [6, 6.07) is 17.5. The largest absolute Gasteiger partial charge is 0.338 e. The number of carbonyl (C=O) groups is 1. The van der Waals surface area contributed by atoms with Crippen molar-refractivity contribution in [3.8, 4) is 11.4 Å². The van der Waals surface area contributed by atoms with Gasteiger partial charge in [-0.15, -0.1) is 10.2 Å². The van der Waals surface area contributed by atoms with Crippen LogP contribution in [0.2, 0.25) is 5.02 Å². The molecule has 0 bridgehead atoms. The second-order valence-corrected chi connectivity index (χ2v) is 6.89. The van der Waals surface area contributed by atoms with Crippen LogP contribution in [0.15, 0.2) is 60.9 Å². The molecule has 2 aromatic carbocycles. The number of nitrogens with zero attached hydrogens (tertiary/aromatic N) is 4. The number of halogens is 1. The van der Waals surface area contributed by atoms with Crippen molar-refractivity contribution in [3.05, 3.63) is 71.5 Å². The highest BCUT2D eigenvalue weighted by atomic mass is 35.5. The number of benzene rings is 2. The summed E-state index contributed by atoms with van der Waals surface area (Å²) in [6.45, 7) is 1.44. The maximum atomic E-state index is 12.6. The Morgan fingerprint density at radius 1 is 1.00 bits per heavy atom. The second-order valence-electron chi connectivity index (χ2n) is 6.46. The van der Waals surface area contributed by atoms with Crippen molar-refractivity contribution >= 4 is 17.5 Å². The van der Waals surface area contributed by atoms with Crippen molar-refractivity contribution in [2.24, 2.45) is 0 Å². The quantitative estimate of drug-likeness (QED) is 0.702. The van der Waals surface area contributed by atoms with Gasteiger partial charge in [-0.05, 0) is 37.1 Å². The number of aromatic nitrogens is 3. The zero-order valence-corrected chi connectivity index (χ0v) is 15.0. The van der Waals surface area contributed by atoms with Crippen molar-refractivity contribution in [1.29, 1.82) is 0 Å². The van der Waals surface area contributed by atoms with E-state index in [1.54, 1.807) is 30.6 Å². The summed E-state index contributed by atoms with van der Waals surface area (Å²) in [7, 11) is 0. The van der Waals surface area contributed by atoms with Gasteiger partial charge in [-0.3, -0.25) is 4.79 Å². The lowest BCUT2D eigenvalue weighted by atomic mass is 10.0. The number of hydrogen-bond acceptors (Lipinski definition) is 3. The minimum Gasteiger partial charge on any atom is -0.338 e. The number of likely N-dealkylation sites (tertiary alicyclic amines) is 1. The summed E-state index contributed by atoms with van der Waals surface area (Å²) < 4.78 is 2.14. The van der Waals surface area contributed by atoms with Gasteiger partial charge < -0.3 is 9.47 Å². The van der Waals surface area contributed by atoms with Crippen LogP contribution < -0.4 is 0 Å². The molecule has 0 saturated carbocycles. The summed E-state index contributed by atoms with van der Waals surface area (Å²) >= 11 is 5.90. The van der Waals surface area contributed by atoms with Gasteiger partial charge in [-0.2, -0.15) is 0 Å². The molecule has 132 valence electrons. The first kappa shape index (κ1) is 16.8. The summed E-state index contributed by atoms with van der Waals surface area (Å²) in [5.41, 5.74) is 1.74. The van der Waals surface area contributed by atoms with Gasteiger partial charge in [0.25, 0.3) is 5.91 Å². The number of rotatable bonds is 3. The lowest BCUT2D eigenvalue weighted by Gasteiger charge is -2.33. The molecule has 1 saturated heterocycles. The minimum atomic E-state index is 0.0622. The van der Waals surface area contributed by atoms with Gasteiger partial charge in [-0.25, -0.2) is 0 Å². The van der Waals surface area contributed by atoms with Gasteiger partial charge in [0.2, 0.25) is 0 Å². The van der Waals surface area contributed by atoms with Gasteiger partial charge in [0.05, 0.1) is 0 Å². The molecule has 26 heavy (non-hydrogen) atoms. The SMILES string of the molecule is O=C(c1ccc(Cl)cc1)N1CCC(n2cnnc2-c2ccccc2)CC1. The monoisotopic (exact) mass is 366 g/mol. The topological polar surface area (TPSA) is 51.0 Å². The van der Waals surface area contributed by atoms with E-state index in [2.05, 4.69) is 14.8 Å². The predicted molar refractivity (Wildman–Crippen MR) is 101 cm³/mol. The molecule has 2 heterocycles. The molecule has 1 aliphatic heterocycles. The van der Waals surface area contributed by atoms with Crippen LogP contribution in [0, 0.1) is 0 Å². The fraction of sp³-hybridized carbons (Fsp3) is 0.250. The fourth-order valence-electron chi connectivity index (χ4n) is 3.43. The average Bonchev–Trinajstić information content (AvgIpc) is 3.19. The summed E-state index contributed by atoms with van der Waals surface area (Å²) in [5, 5.41) is 9.04. The van der Waals surface area contributed by atoms with Crippen molar-refractivity contribution in [1.82, 2.24) is 19.7 Å². The molecule has 0 N–H and O–H groups in total. The Morgan fingerprint density at radius 2 is 1.69 bits per heavy atom. The number of carbonyl (C=O) groups excluding carboxylic acids is 1. The molecule has 1 amide bonds. The number of hydrogen-bond donors (Lipinski definition) is 0. The highest BCUT2D eigenvalue weighted by molar-refractivity contribution is 6.30. The maximum Gasteiger partial charge on any atom is 0.253 e. The van der Waals surface area contributed by atoms with E-state index in [0.717, 1.165) is 37.3 Å². The first-order valence-electron chi connectivity index (χ1n) is 8.72. The molecule has 0 spiro atoms. The summed E-state index contributed by atoms with van der Waals surface area (Å²) in [4.78, 5) is 14.6. The smallest absolute Gasteiger partial charge is 0.253 e. The Bertz CT molecular complexity index is 884. The van der Waals surface area contributed by atoms with Crippen LogP contribution in [0.3, 0.4) is 0 Å². The maximum absolute atomic E-state index is 12.6. The Balaban J connectivity index is 1.45. The van der Waals surface area contributed by atoms with E-state index in [0.29, 0.717) is 16.6 Å². The zero-order chi connectivity index (χ0) is 17.9. The second kappa shape index (κ2) is 7.30. The molecular weight excluding hydrogens is 348 g/mol. The van der Waals surface area contributed by atoms with Gasteiger partial charge in [-0.1, -0.05) is 41.9 Å². The van der Waals surface area contributed by atoms with Crippen LogP contribution in [0.4, 0.5) is 0 Å². The zero-order valence-electron chi connectivity index (χ0n) is 14.3. The molecule has 1 aromatic heterocycles. The van der Waals surface area contributed by atoms with Crippen molar-refractivity contribution < 1.29 is 4.79 Å². The van der Waals surface area contributed by atoms with E-state index in [9.17, 15) is 4.79 Å². The third kappa shape index (κ3) is 3.35. The molecular formula is C20H19ClN4O. The third-order valence-electron chi connectivity index (χ3n) is 4.84. The van der Waals surface area contributed by atoms with Crippen LogP contribution in [-0.2, 0) is 0 Å². The van der Waals surface area contributed by atoms with Crippen LogP contribution in [0.25, 0.3) is 11.4 Å². The molecule has 0 unspecified atom stereocenters. The predicted octanol–water partition coefficient (Wildman–Crippen LogP) is 4.08. The van der Waals surface area contributed by atoms with Crippen molar-refractivity contribution in [3.63, 3.8) is 0 Å². The molecule has 3 aromatic rings. The first-order chi connectivity index (χ1) is 12.7. The average molecular weight is 367 g/mol. The Morgan fingerprint density at radius 3 is 2.38 bits per heavy atom. The van der Waals surface area contributed by atoms with Crippen LogP contribution >= 0.6 is 11.6 Å². The Hall–Kier alpha value is -2.66. The highest BCUT2D eigenvalue weighted by Crippen LogP contribution is 2.28. The molecule has 0 aliphatic carbocycles. The Kier molecular flexibility index (Phi) is 4.71. The van der Waals surface area contributed by atoms with E-state index in [1.165, 1.54) is 0 Å². The van der Waals surface area contributed by atoms with Crippen LogP contribution in [0.1, 0.15) is 29.2 Å². The molecule has 4 rings (SSSR count). The van der Waals surface area contributed by atoms with Crippen LogP contribution in [-0.4, -0.2) is 38.7 Å².